The average molecular weight is 290 g/mol. The van der Waals surface area contributed by atoms with Gasteiger partial charge in [0.25, 0.3) is 0 Å². The molecule has 1 aliphatic heterocycles. The van der Waals surface area contributed by atoms with E-state index >= 15 is 0 Å². The highest BCUT2D eigenvalue weighted by molar-refractivity contribution is 7.88. The van der Waals surface area contributed by atoms with Crippen LogP contribution in [0.15, 0.2) is 5.38 Å². The molecule has 2 rings (SSSR count). The molecule has 8 heteroatoms. The number of aromatic nitrogens is 1. The molecule has 2 N–H and O–H groups in total. The van der Waals surface area contributed by atoms with Crippen molar-refractivity contribution < 1.29 is 8.42 Å². The van der Waals surface area contributed by atoms with Gasteiger partial charge < -0.3 is 10.6 Å². The van der Waals surface area contributed by atoms with E-state index in [2.05, 4.69) is 9.88 Å². The van der Waals surface area contributed by atoms with Gasteiger partial charge >= 0.3 is 0 Å². The van der Waals surface area contributed by atoms with Crippen LogP contribution in [0.4, 0.5) is 5.13 Å². The highest BCUT2D eigenvalue weighted by Gasteiger charge is 2.24. The van der Waals surface area contributed by atoms with Crippen LogP contribution in [-0.2, 0) is 10.0 Å². The van der Waals surface area contributed by atoms with Crippen molar-refractivity contribution in [1.82, 2.24) is 9.29 Å². The molecule has 0 radical (unpaired) electrons. The van der Waals surface area contributed by atoms with E-state index in [-0.39, 0.29) is 6.04 Å². The van der Waals surface area contributed by atoms with Crippen LogP contribution in [0, 0.1) is 0 Å². The first-order valence-electron chi connectivity index (χ1n) is 5.79. The largest absolute Gasteiger partial charge is 0.345 e. The smallest absolute Gasteiger partial charge is 0.211 e. The highest BCUT2D eigenvalue weighted by Crippen LogP contribution is 2.24. The summed E-state index contributed by atoms with van der Waals surface area (Å²) in [5, 5.41) is 2.89. The van der Waals surface area contributed by atoms with Crippen LogP contribution in [0.1, 0.15) is 18.7 Å². The molecule has 2 heterocycles. The van der Waals surface area contributed by atoms with Crippen LogP contribution in [0.3, 0.4) is 0 Å². The second-order valence-electron chi connectivity index (χ2n) is 4.49. The van der Waals surface area contributed by atoms with Gasteiger partial charge in [-0.05, 0) is 6.92 Å². The van der Waals surface area contributed by atoms with Crippen molar-refractivity contribution >= 4 is 26.5 Å². The second-order valence-corrected chi connectivity index (χ2v) is 7.31. The zero-order valence-electron chi connectivity index (χ0n) is 10.5. The molecule has 102 valence electrons. The predicted octanol–water partition coefficient (Wildman–Crippen LogP) is 0.244. The molecule has 1 aromatic rings. The van der Waals surface area contributed by atoms with Crippen molar-refractivity contribution in [3.8, 4) is 0 Å². The maximum Gasteiger partial charge on any atom is 0.211 e. The Labute approximate surface area is 111 Å². The van der Waals surface area contributed by atoms with E-state index < -0.39 is 10.0 Å². The summed E-state index contributed by atoms with van der Waals surface area (Å²) in [6.07, 6.45) is 1.25. The molecule has 1 atom stereocenters. The Hall–Kier alpha value is -0.700. The Balaban J connectivity index is 2.01. The SMILES string of the molecule is CC(N)c1csc(N2CCN(S(C)(=O)=O)CC2)n1. The van der Waals surface area contributed by atoms with E-state index in [0.717, 1.165) is 10.8 Å². The maximum absolute atomic E-state index is 11.4. The third-order valence-electron chi connectivity index (χ3n) is 2.95. The monoisotopic (exact) mass is 290 g/mol. The Kier molecular flexibility index (Phi) is 3.90. The number of nitrogens with two attached hydrogens (primary N) is 1. The lowest BCUT2D eigenvalue weighted by molar-refractivity contribution is 0.388. The van der Waals surface area contributed by atoms with E-state index in [1.807, 2.05) is 12.3 Å². The molecule has 6 nitrogen and oxygen atoms in total. The number of nitrogens with zero attached hydrogens (tertiary/aromatic N) is 3. The van der Waals surface area contributed by atoms with E-state index in [1.54, 1.807) is 11.3 Å². The molecule has 0 amide bonds. The Bertz CT molecular complexity index is 504. The molecule has 1 aromatic heterocycles. The lowest BCUT2D eigenvalue weighted by Gasteiger charge is -2.32. The molecule has 1 fully saturated rings. The summed E-state index contributed by atoms with van der Waals surface area (Å²) in [6, 6.07) is -0.0627. The first kappa shape index (κ1) is 13.7. The van der Waals surface area contributed by atoms with Gasteiger partial charge in [0.2, 0.25) is 10.0 Å². The fourth-order valence-electron chi connectivity index (χ4n) is 1.84. The molecule has 0 aromatic carbocycles. The summed E-state index contributed by atoms with van der Waals surface area (Å²) in [7, 11) is -3.07. The molecule has 0 spiro atoms. The number of hydrogen-bond acceptors (Lipinski definition) is 6. The van der Waals surface area contributed by atoms with Crippen molar-refractivity contribution in [2.75, 3.05) is 37.3 Å². The number of hydrogen-bond donors (Lipinski definition) is 1. The standard InChI is InChI=1S/C10H18N4O2S2/c1-8(11)9-7-17-10(12-9)13-3-5-14(6-4-13)18(2,15)16/h7-8H,3-6,11H2,1-2H3. The number of piperazine rings is 1. The second kappa shape index (κ2) is 5.12. The Morgan fingerprint density at radius 1 is 1.39 bits per heavy atom. The molecular formula is C10H18N4O2S2. The van der Waals surface area contributed by atoms with Gasteiger partial charge in [-0.15, -0.1) is 11.3 Å². The molecule has 1 saturated heterocycles. The van der Waals surface area contributed by atoms with Crippen molar-refractivity contribution in [3.63, 3.8) is 0 Å². The maximum atomic E-state index is 11.4. The van der Waals surface area contributed by atoms with Crippen LogP contribution >= 0.6 is 11.3 Å². The topological polar surface area (TPSA) is 79.5 Å². The fraction of sp³-hybridized carbons (Fsp3) is 0.700. The highest BCUT2D eigenvalue weighted by atomic mass is 32.2. The summed E-state index contributed by atoms with van der Waals surface area (Å²) in [5.74, 6) is 0. The third-order valence-corrected chi connectivity index (χ3v) is 5.18. The minimum atomic E-state index is -3.07. The molecular weight excluding hydrogens is 272 g/mol. The molecule has 1 aliphatic rings. The number of rotatable bonds is 3. The van der Waals surface area contributed by atoms with E-state index in [0.29, 0.717) is 26.2 Å². The van der Waals surface area contributed by atoms with Gasteiger partial charge in [-0.25, -0.2) is 13.4 Å². The summed E-state index contributed by atoms with van der Waals surface area (Å²) in [4.78, 5) is 6.58. The van der Waals surface area contributed by atoms with Crippen molar-refractivity contribution in [2.24, 2.45) is 5.73 Å². The van der Waals surface area contributed by atoms with Gasteiger partial charge in [-0.2, -0.15) is 4.31 Å². The minimum absolute atomic E-state index is 0.0627. The number of thiazole rings is 1. The lowest BCUT2D eigenvalue weighted by atomic mass is 10.3. The van der Waals surface area contributed by atoms with Crippen LogP contribution in [0.5, 0.6) is 0 Å². The van der Waals surface area contributed by atoms with Crippen molar-refractivity contribution in [2.45, 2.75) is 13.0 Å². The van der Waals surface area contributed by atoms with Gasteiger partial charge in [0, 0.05) is 37.6 Å². The summed E-state index contributed by atoms with van der Waals surface area (Å²) >= 11 is 1.56. The fourth-order valence-corrected chi connectivity index (χ4v) is 3.65. The lowest BCUT2D eigenvalue weighted by Crippen LogP contribution is -2.48. The van der Waals surface area contributed by atoms with Gasteiger partial charge in [0.15, 0.2) is 5.13 Å². The van der Waals surface area contributed by atoms with Crippen molar-refractivity contribution in [1.29, 1.82) is 0 Å². The summed E-state index contributed by atoms with van der Waals surface area (Å²) < 4.78 is 24.3. The summed E-state index contributed by atoms with van der Waals surface area (Å²) in [5.41, 5.74) is 6.66. The zero-order chi connectivity index (χ0) is 13.3. The average Bonchev–Trinajstić information content (AvgIpc) is 2.77. The normalized spacial score (nSPS) is 20.1. The number of sulfonamides is 1. The predicted molar refractivity (Wildman–Crippen MR) is 73.3 cm³/mol. The van der Waals surface area contributed by atoms with Crippen molar-refractivity contribution in [3.05, 3.63) is 11.1 Å². The molecule has 0 aliphatic carbocycles. The molecule has 0 saturated carbocycles. The van der Waals surface area contributed by atoms with Gasteiger partial charge in [-0.1, -0.05) is 0 Å². The minimum Gasteiger partial charge on any atom is -0.345 e. The van der Waals surface area contributed by atoms with Gasteiger partial charge in [0.05, 0.1) is 11.9 Å². The zero-order valence-corrected chi connectivity index (χ0v) is 12.2. The van der Waals surface area contributed by atoms with Gasteiger partial charge in [0.1, 0.15) is 0 Å². The van der Waals surface area contributed by atoms with Crippen LogP contribution in [0.25, 0.3) is 0 Å². The first-order chi connectivity index (χ1) is 8.38. The third kappa shape index (κ3) is 3.00. The molecule has 1 unspecified atom stereocenters. The Morgan fingerprint density at radius 2 is 2.00 bits per heavy atom. The van der Waals surface area contributed by atoms with E-state index in [4.69, 9.17) is 5.73 Å². The quantitative estimate of drug-likeness (QED) is 0.863. The molecule has 0 bridgehead atoms. The van der Waals surface area contributed by atoms with Crippen LogP contribution in [0.2, 0.25) is 0 Å². The number of anilines is 1. The van der Waals surface area contributed by atoms with E-state index in [1.165, 1.54) is 10.6 Å². The molecule has 18 heavy (non-hydrogen) atoms. The van der Waals surface area contributed by atoms with E-state index in [9.17, 15) is 8.42 Å². The van der Waals surface area contributed by atoms with Crippen LogP contribution in [-0.4, -0.2) is 50.1 Å². The summed E-state index contributed by atoms with van der Waals surface area (Å²) in [6.45, 7) is 4.30. The first-order valence-corrected chi connectivity index (χ1v) is 8.52. The van der Waals surface area contributed by atoms with Gasteiger partial charge in [-0.3, -0.25) is 0 Å². The van der Waals surface area contributed by atoms with Crippen LogP contribution < -0.4 is 10.6 Å². The Morgan fingerprint density at radius 3 is 2.44 bits per heavy atom.